The molecule has 4 heteroatoms. The molecule has 126 valence electrons. The van der Waals surface area contributed by atoms with Crippen LogP contribution in [0.5, 0.6) is 0 Å². The van der Waals surface area contributed by atoms with E-state index in [0.717, 1.165) is 35.5 Å². The average Bonchev–Trinajstić information content (AvgIpc) is 3.19. The molecule has 0 radical (unpaired) electrons. The fourth-order valence-electron chi connectivity index (χ4n) is 3.43. The Morgan fingerprint density at radius 3 is 2.84 bits per heavy atom. The number of hydrogen-bond acceptors (Lipinski definition) is 2. The van der Waals surface area contributed by atoms with Crippen LogP contribution in [0.4, 0.5) is 5.69 Å². The van der Waals surface area contributed by atoms with Gasteiger partial charge < -0.3 is 9.88 Å². The number of nitrogens with zero attached hydrogens (tertiary/aromatic N) is 2. The molecule has 25 heavy (non-hydrogen) atoms. The lowest BCUT2D eigenvalue weighted by molar-refractivity contribution is -0.115. The van der Waals surface area contributed by atoms with Crippen LogP contribution in [0, 0.1) is 6.92 Å². The van der Waals surface area contributed by atoms with Crippen molar-refractivity contribution < 1.29 is 4.79 Å². The van der Waals surface area contributed by atoms with Crippen LogP contribution in [0.1, 0.15) is 23.4 Å². The zero-order valence-corrected chi connectivity index (χ0v) is 14.3. The van der Waals surface area contributed by atoms with Crippen molar-refractivity contribution in [3.05, 3.63) is 71.7 Å². The fourth-order valence-corrected chi connectivity index (χ4v) is 3.43. The first-order valence-electron chi connectivity index (χ1n) is 8.69. The van der Waals surface area contributed by atoms with Crippen LogP contribution in [-0.2, 0) is 24.2 Å². The Morgan fingerprint density at radius 2 is 2.04 bits per heavy atom. The highest BCUT2D eigenvalue weighted by atomic mass is 16.1. The Morgan fingerprint density at radius 1 is 1.20 bits per heavy atom. The monoisotopic (exact) mass is 331 g/mol. The molecule has 0 spiro atoms. The van der Waals surface area contributed by atoms with E-state index in [1.807, 2.05) is 61.7 Å². The van der Waals surface area contributed by atoms with Gasteiger partial charge in [0.25, 0.3) is 0 Å². The Kier molecular flexibility index (Phi) is 4.10. The molecule has 2 heterocycles. The van der Waals surface area contributed by atoms with Crippen molar-refractivity contribution in [3.63, 3.8) is 0 Å². The lowest BCUT2D eigenvalue weighted by Gasteiger charge is -2.08. The Hall–Kier alpha value is -2.88. The molecular weight excluding hydrogens is 310 g/mol. The second-order valence-electron chi connectivity index (χ2n) is 6.61. The number of aromatic nitrogens is 2. The smallest absolute Gasteiger partial charge is 0.228 e. The lowest BCUT2D eigenvalue weighted by Crippen LogP contribution is -2.14. The summed E-state index contributed by atoms with van der Waals surface area (Å²) in [6.07, 6.45) is 4.57. The minimum atomic E-state index is 0.00333. The van der Waals surface area contributed by atoms with Crippen LogP contribution < -0.4 is 5.32 Å². The third-order valence-corrected chi connectivity index (χ3v) is 4.63. The van der Waals surface area contributed by atoms with Crippen LogP contribution in [0.2, 0.25) is 0 Å². The van der Waals surface area contributed by atoms with E-state index in [2.05, 4.69) is 14.9 Å². The number of amides is 1. The molecular formula is C21H21N3O. The van der Waals surface area contributed by atoms with Gasteiger partial charge in [0, 0.05) is 18.7 Å². The molecule has 1 aromatic heterocycles. The first-order chi connectivity index (χ1) is 12.2. The number of anilines is 1. The van der Waals surface area contributed by atoms with Gasteiger partial charge in [-0.3, -0.25) is 4.79 Å². The van der Waals surface area contributed by atoms with E-state index in [0.29, 0.717) is 6.42 Å². The van der Waals surface area contributed by atoms with Gasteiger partial charge in [0.05, 0.1) is 18.3 Å². The molecule has 0 aliphatic carbocycles. The first-order valence-corrected chi connectivity index (χ1v) is 8.69. The Labute approximate surface area is 147 Å². The molecule has 0 fully saturated rings. The molecule has 1 aliphatic heterocycles. The number of hydrogen-bond donors (Lipinski definition) is 1. The van der Waals surface area contributed by atoms with Crippen LogP contribution in [0.15, 0.2) is 54.7 Å². The van der Waals surface area contributed by atoms with E-state index in [-0.39, 0.29) is 5.91 Å². The second kappa shape index (κ2) is 6.55. The molecule has 0 unspecified atom stereocenters. The van der Waals surface area contributed by atoms with Gasteiger partial charge in [-0.2, -0.15) is 0 Å². The average molecular weight is 331 g/mol. The molecule has 2 aromatic carbocycles. The second-order valence-corrected chi connectivity index (χ2v) is 6.61. The predicted octanol–water partition coefficient (Wildman–Crippen LogP) is 3.99. The van der Waals surface area contributed by atoms with Gasteiger partial charge in [-0.1, -0.05) is 42.0 Å². The molecule has 3 aromatic rings. The van der Waals surface area contributed by atoms with Gasteiger partial charge in [-0.15, -0.1) is 0 Å². The van der Waals surface area contributed by atoms with E-state index in [9.17, 15) is 4.79 Å². The van der Waals surface area contributed by atoms with Crippen molar-refractivity contribution in [2.45, 2.75) is 32.7 Å². The van der Waals surface area contributed by atoms with Crippen LogP contribution in [0.25, 0.3) is 11.3 Å². The number of fused-ring (bicyclic) bond motifs is 1. The summed E-state index contributed by atoms with van der Waals surface area (Å²) in [5.41, 5.74) is 5.32. The van der Waals surface area contributed by atoms with Gasteiger partial charge in [0.15, 0.2) is 0 Å². The summed E-state index contributed by atoms with van der Waals surface area (Å²) in [6, 6.07) is 16.1. The van der Waals surface area contributed by atoms with E-state index in [1.165, 1.54) is 17.8 Å². The number of aryl methyl sites for hydroxylation is 2. The number of carbonyl (C=O) groups is 1. The van der Waals surface area contributed by atoms with E-state index >= 15 is 0 Å². The molecule has 0 bridgehead atoms. The first kappa shape index (κ1) is 15.6. The largest absolute Gasteiger partial charge is 0.328 e. The van der Waals surface area contributed by atoms with Crippen molar-refractivity contribution in [2.24, 2.45) is 0 Å². The van der Waals surface area contributed by atoms with Gasteiger partial charge in [0.1, 0.15) is 5.82 Å². The zero-order valence-electron chi connectivity index (χ0n) is 14.3. The minimum absolute atomic E-state index is 0.00333. The fraction of sp³-hybridized carbons (Fsp3) is 0.238. The quantitative estimate of drug-likeness (QED) is 0.786. The van der Waals surface area contributed by atoms with Crippen molar-refractivity contribution in [2.75, 3.05) is 5.32 Å². The maximum atomic E-state index is 12.2. The molecule has 1 aliphatic rings. The molecule has 1 amide bonds. The van der Waals surface area contributed by atoms with Gasteiger partial charge in [0.2, 0.25) is 5.91 Å². The highest BCUT2D eigenvalue weighted by Gasteiger charge is 2.16. The number of nitrogens with one attached hydrogen (secondary N) is 1. The summed E-state index contributed by atoms with van der Waals surface area (Å²) in [5, 5.41) is 2.97. The van der Waals surface area contributed by atoms with Gasteiger partial charge >= 0.3 is 0 Å². The standard InChI is InChI=1S/C21H21N3O/c1-15-4-2-5-16(12-15)13-21(25)23-18-9-7-17(8-10-18)19-14-22-20-6-3-11-24(19)20/h2,4-5,7-10,12,14H,3,6,11,13H2,1H3,(H,23,25). The van der Waals surface area contributed by atoms with Gasteiger partial charge in [-0.25, -0.2) is 4.98 Å². The molecule has 0 saturated carbocycles. The molecule has 0 saturated heterocycles. The van der Waals surface area contributed by atoms with Crippen LogP contribution in [-0.4, -0.2) is 15.5 Å². The number of rotatable bonds is 4. The van der Waals surface area contributed by atoms with E-state index < -0.39 is 0 Å². The normalized spacial score (nSPS) is 12.8. The molecule has 1 N–H and O–H groups in total. The SMILES string of the molecule is Cc1cccc(CC(=O)Nc2ccc(-c3cnc4n3CCC4)cc2)c1. The maximum Gasteiger partial charge on any atom is 0.228 e. The lowest BCUT2D eigenvalue weighted by atomic mass is 10.1. The highest BCUT2D eigenvalue weighted by Crippen LogP contribution is 2.26. The molecule has 0 atom stereocenters. The summed E-state index contributed by atoms with van der Waals surface area (Å²) in [7, 11) is 0. The number of benzene rings is 2. The Bertz CT molecular complexity index is 909. The third kappa shape index (κ3) is 3.33. The van der Waals surface area contributed by atoms with Crippen molar-refractivity contribution in [1.82, 2.24) is 9.55 Å². The Balaban J connectivity index is 1.44. The van der Waals surface area contributed by atoms with Gasteiger partial charge in [-0.05, 0) is 36.6 Å². The van der Waals surface area contributed by atoms with Crippen LogP contribution >= 0.6 is 0 Å². The van der Waals surface area contributed by atoms with Crippen molar-refractivity contribution in [3.8, 4) is 11.3 Å². The molecule has 4 rings (SSSR count). The maximum absolute atomic E-state index is 12.2. The topological polar surface area (TPSA) is 46.9 Å². The third-order valence-electron chi connectivity index (χ3n) is 4.63. The highest BCUT2D eigenvalue weighted by molar-refractivity contribution is 5.92. The van der Waals surface area contributed by atoms with E-state index in [1.54, 1.807) is 0 Å². The van der Waals surface area contributed by atoms with Crippen molar-refractivity contribution >= 4 is 11.6 Å². The number of imidazole rings is 1. The summed E-state index contributed by atoms with van der Waals surface area (Å²) >= 11 is 0. The summed E-state index contributed by atoms with van der Waals surface area (Å²) in [5.74, 6) is 1.18. The van der Waals surface area contributed by atoms with Crippen molar-refractivity contribution in [1.29, 1.82) is 0 Å². The minimum Gasteiger partial charge on any atom is -0.328 e. The summed E-state index contributed by atoms with van der Waals surface area (Å²) in [6.45, 7) is 3.08. The summed E-state index contributed by atoms with van der Waals surface area (Å²) < 4.78 is 2.28. The summed E-state index contributed by atoms with van der Waals surface area (Å²) in [4.78, 5) is 16.7. The van der Waals surface area contributed by atoms with Crippen LogP contribution in [0.3, 0.4) is 0 Å². The zero-order chi connectivity index (χ0) is 17.2. The number of carbonyl (C=O) groups excluding carboxylic acids is 1. The molecule has 4 nitrogen and oxygen atoms in total. The predicted molar refractivity (Wildman–Crippen MR) is 99.5 cm³/mol. The van der Waals surface area contributed by atoms with E-state index in [4.69, 9.17) is 0 Å².